The maximum Gasteiger partial charge on any atom is 0.265 e. The fourth-order valence-electron chi connectivity index (χ4n) is 4.45. The number of hydrogen-bond donors (Lipinski definition) is 2. The van der Waals surface area contributed by atoms with Gasteiger partial charge in [0.15, 0.2) is 0 Å². The van der Waals surface area contributed by atoms with Crippen molar-refractivity contribution in [1.29, 1.82) is 0 Å². The third kappa shape index (κ3) is 2.75. The first-order valence-electron chi connectivity index (χ1n) is 10.6. The molecule has 0 saturated heterocycles. The van der Waals surface area contributed by atoms with Gasteiger partial charge in [-0.3, -0.25) is 9.61 Å². The van der Waals surface area contributed by atoms with Crippen molar-refractivity contribution < 1.29 is 9.94 Å². The molecule has 1 saturated carbocycles. The average Bonchev–Trinajstić information content (AvgIpc) is 3.14. The zero-order valence-corrected chi connectivity index (χ0v) is 16.9. The first kappa shape index (κ1) is 17.9. The molecule has 0 amide bonds. The van der Waals surface area contributed by atoms with Gasteiger partial charge in [0.1, 0.15) is 22.9 Å². The smallest absolute Gasteiger partial charge is 0.265 e. The van der Waals surface area contributed by atoms with Crippen LogP contribution in [0.2, 0.25) is 0 Å². The lowest BCUT2D eigenvalue weighted by molar-refractivity contribution is -0.876. The number of nitrogens with two attached hydrogens (primary N) is 1. The number of fused-ring (bicyclic) bond motifs is 2. The predicted octanol–water partition coefficient (Wildman–Crippen LogP) is 4.59. The van der Waals surface area contributed by atoms with Crippen molar-refractivity contribution >= 4 is 22.2 Å². The van der Waals surface area contributed by atoms with Crippen LogP contribution in [0.5, 0.6) is 0 Å². The molecule has 31 heavy (non-hydrogen) atoms. The van der Waals surface area contributed by atoms with E-state index in [2.05, 4.69) is 9.38 Å². The molecule has 2 aromatic carbocycles. The number of hydrogen-bond acceptors (Lipinski definition) is 4. The molecule has 3 aromatic heterocycles. The van der Waals surface area contributed by atoms with Crippen molar-refractivity contribution in [2.75, 3.05) is 5.73 Å². The normalized spacial score (nSPS) is 14.2. The van der Waals surface area contributed by atoms with Gasteiger partial charge in [0.25, 0.3) is 11.2 Å². The lowest BCUT2D eigenvalue weighted by Crippen LogP contribution is -2.33. The molecule has 0 bridgehead atoms. The van der Waals surface area contributed by atoms with E-state index in [0.29, 0.717) is 17.3 Å². The highest BCUT2D eigenvalue weighted by Crippen LogP contribution is 2.39. The zero-order chi connectivity index (χ0) is 20.9. The van der Waals surface area contributed by atoms with Gasteiger partial charge in [-0.2, -0.15) is 0 Å². The summed E-state index contributed by atoms with van der Waals surface area (Å²) in [7, 11) is 0. The number of pyridine rings is 1. The minimum absolute atomic E-state index is 0.455. The summed E-state index contributed by atoms with van der Waals surface area (Å²) in [5, 5.41) is 12.0. The van der Waals surface area contributed by atoms with Crippen molar-refractivity contribution in [2.45, 2.75) is 25.2 Å². The van der Waals surface area contributed by atoms with Gasteiger partial charge in [-0.15, -0.1) is 0 Å². The molecule has 0 unspecified atom stereocenters. The van der Waals surface area contributed by atoms with E-state index in [1.54, 1.807) is 6.20 Å². The minimum Gasteiger partial charge on any atom is -0.382 e. The maximum atomic E-state index is 11.0. The van der Waals surface area contributed by atoms with Crippen LogP contribution in [0.3, 0.4) is 0 Å². The maximum absolute atomic E-state index is 11.0. The van der Waals surface area contributed by atoms with Crippen LogP contribution in [-0.2, 0) is 0 Å². The monoisotopic (exact) mass is 408 g/mol. The van der Waals surface area contributed by atoms with Crippen LogP contribution in [0.15, 0.2) is 73.1 Å². The van der Waals surface area contributed by atoms with Gasteiger partial charge >= 0.3 is 0 Å². The number of aromatic nitrogens is 4. The summed E-state index contributed by atoms with van der Waals surface area (Å²) in [4.78, 5) is 9.32. The number of benzene rings is 2. The summed E-state index contributed by atoms with van der Waals surface area (Å²) in [6, 6.07) is 19.8. The zero-order valence-electron chi connectivity index (χ0n) is 16.9. The Kier molecular flexibility index (Phi) is 3.93. The van der Waals surface area contributed by atoms with Crippen molar-refractivity contribution in [3.05, 3.63) is 78.9 Å². The summed E-state index contributed by atoms with van der Waals surface area (Å²) < 4.78 is 3.33. The number of nitrogen functional groups attached to an aromatic ring is 1. The van der Waals surface area contributed by atoms with Gasteiger partial charge in [-0.1, -0.05) is 30.7 Å². The first-order valence-corrected chi connectivity index (χ1v) is 10.6. The van der Waals surface area contributed by atoms with Crippen LogP contribution in [0.25, 0.3) is 38.9 Å². The summed E-state index contributed by atoms with van der Waals surface area (Å²) in [6.07, 6.45) is 7.20. The van der Waals surface area contributed by atoms with Gasteiger partial charge in [0.2, 0.25) is 0 Å². The molecular weight excluding hydrogens is 386 g/mol. The van der Waals surface area contributed by atoms with Crippen molar-refractivity contribution in [1.82, 2.24) is 14.4 Å². The molecule has 6 rings (SSSR count). The molecule has 152 valence electrons. The lowest BCUT2D eigenvalue weighted by atomic mass is 9.85. The molecule has 0 atom stereocenters. The summed E-state index contributed by atoms with van der Waals surface area (Å²) in [5.74, 6) is 1.96. The van der Waals surface area contributed by atoms with Gasteiger partial charge in [0, 0.05) is 40.7 Å². The van der Waals surface area contributed by atoms with E-state index in [-0.39, 0.29) is 0 Å². The fourth-order valence-corrected chi connectivity index (χ4v) is 4.45. The number of imidazole rings is 1. The standard InChI is InChI=1S/C25H22N5O/c26-24-23-22(28-25(18-7-4-8-18)29(23)14-13-27-24)19-10-9-17-11-12-20(30(31)21(17)15-19)16-5-2-1-3-6-16/h1-3,5-6,9-15,18,31H,4,7-8H2,(H2,26,27)/q+1. The molecule has 1 aliphatic carbocycles. The van der Waals surface area contributed by atoms with Crippen LogP contribution < -0.4 is 10.5 Å². The van der Waals surface area contributed by atoms with Gasteiger partial charge in [-0.05, 0) is 37.1 Å². The average molecular weight is 408 g/mol. The Balaban J connectivity index is 1.57. The van der Waals surface area contributed by atoms with Crippen molar-refractivity contribution in [3.8, 4) is 22.5 Å². The molecular formula is C25H22N5O+. The Hall–Kier alpha value is -3.93. The number of nitrogens with zero attached hydrogens (tertiary/aromatic N) is 4. The van der Waals surface area contributed by atoms with Crippen LogP contribution >= 0.6 is 0 Å². The van der Waals surface area contributed by atoms with E-state index in [4.69, 9.17) is 10.7 Å². The SMILES string of the molecule is Nc1nccn2c(C3CCC3)nc(-c3ccc4ccc(-c5ccccc5)[n+](O)c4c3)c12. The molecule has 3 heterocycles. The van der Waals surface area contributed by atoms with E-state index >= 15 is 0 Å². The van der Waals surface area contributed by atoms with Crippen LogP contribution in [0.1, 0.15) is 31.0 Å². The quantitative estimate of drug-likeness (QED) is 0.338. The predicted molar refractivity (Wildman–Crippen MR) is 120 cm³/mol. The van der Waals surface area contributed by atoms with Crippen LogP contribution in [0.4, 0.5) is 5.82 Å². The Labute approximate surface area is 179 Å². The highest BCUT2D eigenvalue weighted by atomic mass is 16.5. The molecule has 6 heteroatoms. The summed E-state index contributed by atoms with van der Waals surface area (Å²) in [5.41, 5.74) is 11.2. The third-order valence-electron chi connectivity index (χ3n) is 6.33. The van der Waals surface area contributed by atoms with Gasteiger partial charge < -0.3 is 5.73 Å². The third-order valence-corrected chi connectivity index (χ3v) is 6.33. The highest BCUT2D eigenvalue weighted by Gasteiger charge is 2.27. The van der Waals surface area contributed by atoms with Crippen molar-refractivity contribution in [2.24, 2.45) is 0 Å². The van der Waals surface area contributed by atoms with E-state index in [1.807, 2.05) is 66.9 Å². The van der Waals surface area contributed by atoms with Crippen LogP contribution in [-0.4, -0.2) is 19.6 Å². The molecule has 3 N–H and O–H groups in total. The Bertz CT molecular complexity index is 1440. The second-order valence-electron chi connectivity index (χ2n) is 8.15. The summed E-state index contributed by atoms with van der Waals surface area (Å²) in [6.45, 7) is 0. The Morgan fingerprint density at radius 1 is 1.00 bits per heavy atom. The highest BCUT2D eigenvalue weighted by molar-refractivity contribution is 5.90. The minimum atomic E-state index is 0.455. The number of rotatable bonds is 3. The molecule has 0 spiro atoms. The molecule has 0 aliphatic heterocycles. The largest absolute Gasteiger partial charge is 0.382 e. The summed E-state index contributed by atoms with van der Waals surface area (Å²) >= 11 is 0. The second-order valence-corrected chi connectivity index (χ2v) is 8.15. The first-order chi connectivity index (χ1) is 15.2. The molecule has 6 nitrogen and oxygen atoms in total. The number of anilines is 1. The van der Waals surface area contributed by atoms with Crippen LogP contribution in [0, 0.1) is 0 Å². The van der Waals surface area contributed by atoms with Gasteiger partial charge in [0.05, 0.1) is 10.9 Å². The van der Waals surface area contributed by atoms with E-state index in [1.165, 1.54) is 11.2 Å². The van der Waals surface area contributed by atoms with E-state index < -0.39 is 0 Å². The second kappa shape index (κ2) is 6.80. The van der Waals surface area contributed by atoms with E-state index in [0.717, 1.165) is 52.1 Å². The Morgan fingerprint density at radius 3 is 2.58 bits per heavy atom. The van der Waals surface area contributed by atoms with Crippen molar-refractivity contribution in [3.63, 3.8) is 0 Å². The van der Waals surface area contributed by atoms with E-state index in [9.17, 15) is 5.21 Å². The topological polar surface area (TPSA) is 80.3 Å². The molecule has 1 aliphatic rings. The Morgan fingerprint density at radius 2 is 1.81 bits per heavy atom. The molecule has 1 fully saturated rings. The fraction of sp³-hybridized carbons (Fsp3) is 0.160. The van der Waals surface area contributed by atoms with Gasteiger partial charge in [-0.25, -0.2) is 9.97 Å². The lowest BCUT2D eigenvalue weighted by Gasteiger charge is -2.23. The molecule has 0 radical (unpaired) electrons. The molecule has 5 aromatic rings.